The van der Waals surface area contributed by atoms with Gasteiger partial charge in [0, 0.05) is 32.8 Å². The topological polar surface area (TPSA) is 58.2 Å². The maximum absolute atomic E-state index is 14.2. The van der Waals surface area contributed by atoms with E-state index in [9.17, 15) is 27.2 Å². The lowest BCUT2D eigenvalue weighted by Gasteiger charge is -2.16. The Bertz CT molecular complexity index is 965. The number of benzene rings is 2. The van der Waals surface area contributed by atoms with E-state index in [1.807, 2.05) is 0 Å². The molecule has 1 unspecified atom stereocenters. The fraction of sp³-hybridized carbons (Fsp3) is 0.300. The van der Waals surface area contributed by atoms with Gasteiger partial charge in [-0.1, -0.05) is 36.2 Å². The van der Waals surface area contributed by atoms with Crippen molar-refractivity contribution in [3.05, 3.63) is 62.9 Å². The smallest absolute Gasteiger partial charge is 0.343 e. The Labute approximate surface area is 180 Å². The summed E-state index contributed by atoms with van der Waals surface area (Å²) in [5.74, 6) is -2.99. The second kappa shape index (κ2) is 9.66. The molecule has 4 nitrogen and oxygen atoms in total. The van der Waals surface area contributed by atoms with Crippen LogP contribution in [0.1, 0.15) is 28.4 Å². The molecule has 2 aromatic rings. The maximum Gasteiger partial charge on any atom is 0.405 e. The minimum Gasteiger partial charge on any atom is -0.343 e. The molecule has 0 aliphatic heterocycles. The van der Waals surface area contributed by atoms with Crippen LogP contribution in [0.15, 0.2) is 30.3 Å². The molecule has 0 bridgehead atoms. The van der Waals surface area contributed by atoms with Crippen molar-refractivity contribution in [2.24, 2.45) is 5.92 Å². The zero-order valence-electron chi connectivity index (χ0n) is 16.0. The van der Waals surface area contributed by atoms with E-state index in [2.05, 4.69) is 5.32 Å². The molecule has 0 spiro atoms. The normalized spacial score (nSPS) is 12.4. The molecule has 0 fully saturated rings. The number of anilines is 1. The summed E-state index contributed by atoms with van der Waals surface area (Å²) < 4.78 is 51.0. The number of rotatable bonds is 6. The average Bonchev–Trinajstić information content (AvgIpc) is 2.64. The van der Waals surface area contributed by atoms with Crippen molar-refractivity contribution in [3.8, 4) is 0 Å². The van der Waals surface area contributed by atoms with Gasteiger partial charge in [-0.15, -0.1) is 0 Å². The first-order valence-electron chi connectivity index (χ1n) is 8.77. The SMILES string of the molecule is Cc1c(F)cc(C(=O)NCC(F)(F)F)cc1NC(=O)C(C)Cc1ccc(Cl)cc1Cl. The van der Waals surface area contributed by atoms with Crippen LogP contribution in [0, 0.1) is 18.7 Å². The van der Waals surface area contributed by atoms with Gasteiger partial charge in [-0.2, -0.15) is 13.2 Å². The fourth-order valence-electron chi connectivity index (χ4n) is 2.59. The van der Waals surface area contributed by atoms with Gasteiger partial charge in [0.1, 0.15) is 12.4 Å². The van der Waals surface area contributed by atoms with Crippen molar-refractivity contribution in [1.29, 1.82) is 0 Å². The van der Waals surface area contributed by atoms with Crippen LogP contribution in [0.2, 0.25) is 10.0 Å². The predicted octanol–water partition coefficient (Wildman–Crippen LogP) is 5.55. The Morgan fingerprint density at radius 1 is 1.13 bits per heavy atom. The Hall–Kier alpha value is -2.32. The van der Waals surface area contributed by atoms with Crippen molar-refractivity contribution in [1.82, 2.24) is 5.32 Å². The van der Waals surface area contributed by atoms with Gasteiger partial charge in [0.15, 0.2) is 0 Å². The number of alkyl halides is 3. The van der Waals surface area contributed by atoms with Gasteiger partial charge in [0.25, 0.3) is 5.91 Å². The molecule has 30 heavy (non-hydrogen) atoms. The van der Waals surface area contributed by atoms with E-state index < -0.39 is 36.3 Å². The van der Waals surface area contributed by atoms with Crippen LogP contribution in [0.4, 0.5) is 23.2 Å². The van der Waals surface area contributed by atoms with Gasteiger partial charge >= 0.3 is 6.18 Å². The largest absolute Gasteiger partial charge is 0.405 e. The summed E-state index contributed by atoms with van der Waals surface area (Å²) in [4.78, 5) is 24.5. The van der Waals surface area contributed by atoms with Gasteiger partial charge in [-0.3, -0.25) is 9.59 Å². The molecule has 0 aliphatic carbocycles. The maximum atomic E-state index is 14.2. The second-order valence-corrected chi connectivity index (χ2v) is 7.60. The number of hydrogen-bond acceptors (Lipinski definition) is 2. The molecule has 0 saturated carbocycles. The molecule has 1 atom stereocenters. The number of hydrogen-bond donors (Lipinski definition) is 2. The first-order valence-corrected chi connectivity index (χ1v) is 9.53. The monoisotopic (exact) mass is 464 g/mol. The standard InChI is InChI=1S/C20H18Cl2F4N2O2/c1-10(5-12-3-4-14(21)8-15(12)22)18(29)28-17-7-13(6-16(23)11(17)2)19(30)27-9-20(24,25)26/h3-4,6-8,10H,5,9H2,1-2H3,(H,27,30)(H,28,29). The van der Waals surface area contributed by atoms with Crippen LogP contribution in [0.3, 0.4) is 0 Å². The molecule has 10 heteroatoms. The third-order valence-electron chi connectivity index (χ3n) is 4.30. The molecule has 0 saturated heterocycles. The van der Waals surface area contributed by atoms with Crippen molar-refractivity contribution < 1.29 is 27.2 Å². The van der Waals surface area contributed by atoms with E-state index in [0.29, 0.717) is 15.6 Å². The van der Waals surface area contributed by atoms with E-state index in [0.717, 1.165) is 12.1 Å². The van der Waals surface area contributed by atoms with Gasteiger partial charge in [0.05, 0.1) is 0 Å². The molecule has 0 radical (unpaired) electrons. The lowest BCUT2D eigenvalue weighted by Crippen LogP contribution is -2.33. The minimum absolute atomic E-state index is 0.00814. The van der Waals surface area contributed by atoms with Crippen molar-refractivity contribution in [2.75, 3.05) is 11.9 Å². The second-order valence-electron chi connectivity index (χ2n) is 6.76. The zero-order chi connectivity index (χ0) is 22.6. The van der Waals surface area contributed by atoms with Crippen molar-refractivity contribution in [2.45, 2.75) is 26.4 Å². The van der Waals surface area contributed by atoms with Gasteiger partial charge in [-0.25, -0.2) is 4.39 Å². The van der Waals surface area contributed by atoms with Crippen LogP contribution in [0.5, 0.6) is 0 Å². The van der Waals surface area contributed by atoms with Crippen LogP contribution in [-0.2, 0) is 11.2 Å². The highest BCUT2D eigenvalue weighted by Gasteiger charge is 2.28. The summed E-state index contributed by atoms with van der Waals surface area (Å²) in [6.45, 7) is 1.46. The summed E-state index contributed by atoms with van der Waals surface area (Å²) in [7, 11) is 0. The molecule has 2 N–H and O–H groups in total. The predicted molar refractivity (Wildman–Crippen MR) is 107 cm³/mol. The highest BCUT2D eigenvalue weighted by Crippen LogP contribution is 2.25. The quantitative estimate of drug-likeness (QED) is 0.550. The number of carbonyl (C=O) groups excluding carboxylic acids is 2. The fourth-order valence-corrected chi connectivity index (χ4v) is 3.07. The molecule has 0 aliphatic rings. The van der Waals surface area contributed by atoms with Crippen LogP contribution in [0.25, 0.3) is 0 Å². The lowest BCUT2D eigenvalue weighted by molar-refractivity contribution is -0.123. The highest BCUT2D eigenvalue weighted by molar-refractivity contribution is 6.35. The van der Waals surface area contributed by atoms with E-state index >= 15 is 0 Å². The molecular formula is C20H18Cl2F4N2O2. The molecule has 2 amide bonds. The first kappa shape index (κ1) is 24.0. The number of amides is 2. The Kier molecular flexibility index (Phi) is 7.71. The summed E-state index contributed by atoms with van der Waals surface area (Å²) in [5.41, 5.74) is 0.386. The average molecular weight is 465 g/mol. The van der Waals surface area contributed by atoms with E-state index in [4.69, 9.17) is 23.2 Å². The lowest BCUT2D eigenvalue weighted by atomic mass is 9.99. The molecule has 0 aromatic heterocycles. The summed E-state index contributed by atoms with van der Waals surface area (Å²) in [5, 5.41) is 5.03. The minimum atomic E-state index is -4.60. The molecule has 2 rings (SSSR count). The number of carbonyl (C=O) groups is 2. The van der Waals surface area contributed by atoms with Crippen LogP contribution in [-0.4, -0.2) is 24.5 Å². The summed E-state index contributed by atoms with van der Waals surface area (Å²) >= 11 is 12.0. The van der Waals surface area contributed by atoms with Gasteiger partial charge in [-0.05, 0) is 43.2 Å². The first-order chi connectivity index (χ1) is 13.9. The Balaban J connectivity index is 2.15. The van der Waals surface area contributed by atoms with Crippen LogP contribution >= 0.6 is 23.2 Å². The zero-order valence-corrected chi connectivity index (χ0v) is 17.5. The molecule has 0 heterocycles. The van der Waals surface area contributed by atoms with E-state index in [1.165, 1.54) is 6.92 Å². The van der Waals surface area contributed by atoms with E-state index in [1.54, 1.807) is 30.4 Å². The molecule has 2 aromatic carbocycles. The summed E-state index contributed by atoms with van der Waals surface area (Å²) in [6, 6.07) is 6.81. The number of halogens is 6. The summed E-state index contributed by atoms with van der Waals surface area (Å²) in [6.07, 6.45) is -4.33. The third kappa shape index (κ3) is 6.60. The Morgan fingerprint density at radius 3 is 2.40 bits per heavy atom. The Morgan fingerprint density at radius 2 is 1.80 bits per heavy atom. The van der Waals surface area contributed by atoms with Crippen LogP contribution < -0.4 is 10.6 Å². The third-order valence-corrected chi connectivity index (χ3v) is 4.89. The molecule has 162 valence electrons. The van der Waals surface area contributed by atoms with Crippen molar-refractivity contribution in [3.63, 3.8) is 0 Å². The van der Waals surface area contributed by atoms with Gasteiger partial charge < -0.3 is 10.6 Å². The van der Waals surface area contributed by atoms with Crippen molar-refractivity contribution >= 4 is 40.7 Å². The van der Waals surface area contributed by atoms with Gasteiger partial charge in [0.2, 0.25) is 5.91 Å². The van der Waals surface area contributed by atoms with E-state index in [-0.39, 0.29) is 23.2 Å². The highest BCUT2D eigenvalue weighted by atomic mass is 35.5. The molecular weight excluding hydrogens is 447 g/mol. The number of nitrogens with one attached hydrogen (secondary N) is 2.